The van der Waals surface area contributed by atoms with Crippen LogP contribution in [0.15, 0.2) is 70.7 Å². The van der Waals surface area contributed by atoms with Gasteiger partial charge < -0.3 is 4.74 Å². The van der Waals surface area contributed by atoms with Crippen molar-refractivity contribution in [3.63, 3.8) is 0 Å². The monoisotopic (exact) mass is 522 g/mol. The Hall–Kier alpha value is -3.79. The van der Waals surface area contributed by atoms with Crippen molar-refractivity contribution in [1.82, 2.24) is 14.5 Å². The number of anilines is 1. The fraction of sp³-hybridized carbons (Fsp3) is 0.296. The summed E-state index contributed by atoms with van der Waals surface area (Å²) in [6, 6.07) is 10.2. The van der Waals surface area contributed by atoms with Gasteiger partial charge in [-0.3, -0.25) is 19.1 Å². The van der Waals surface area contributed by atoms with E-state index in [0.717, 1.165) is 12.8 Å². The van der Waals surface area contributed by atoms with Gasteiger partial charge in [-0.2, -0.15) is 0 Å². The first-order valence-electron chi connectivity index (χ1n) is 12.2. The fourth-order valence-corrected chi connectivity index (χ4v) is 6.00. The van der Waals surface area contributed by atoms with Crippen LogP contribution < -0.4 is 15.0 Å². The summed E-state index contributed by atoms with van der Waals surface area (Å²) in [6.07, 6.45) is 10.5. The standard InChI is InChI=1S/C27H27FN4O4S/c1-36-25-15-20(13-18-5-3-2-4-6-18)22(28)16-24(25)32-23-9-8-21(14-19(23)7-10-27(32)33)37(34,35)31-26-17-29-11-12-30-26/h7-12,14-18H,2-6,13H2,1H3,(H,30,31). The third-order valence-corrected chi connectivity index (χ3v) is 8.15. The van der Waals surface area contributed by atoms with Gasteiger partial charge in [-0.15, -0.1) is 0 Å². The second kappa shape index (κ2) is 10.3. The lowest BCUT2D eigenvalue weighted by Crippen LogP contribution is -2.19. The number of nitrogens with one attached hydrogen (secondary N) is 1. The number of rotatable bonds is 7. The van der Waals surface area contributed by atoms with E-state index in [2.05, 4.69) is 14.7 Å². The summed E-state index contributed by atoms with van der Waals surface area (Å²) in [5, 5.41) is 0.482. The minimum atomic E-state index is -3.96. The van der Waals surface area contributed by atoms with Gasteiger partial charge in [-0.05, 0) is 48.2 Å². The zero-order chi connectivity index (χ0) is 26.0. The zero-order valence-corrected chi connectivity index (χ0v) is 21.2. The molecule has 2 aromatic heterocycles. The van der Waals surface area contributed by atoms with Gasteiger partial charge in [-0.25, -0.2) is 17.8 Å². The smallest absolute Gasteiger partial charge is 0.263 e. The highest BCUT2D eigenvalue weighted by atomic mass is 32.2. The Kier molecular flexibility index (Phi) is 6.92. The number of nitrogens with zero attached hydrogens (tertiary/aromatic N) is 3. The Bertz CT molecular complexity index is 1600. The first kappa shape index (κ1) is 24.9. The zero-order valence-electron chi connectivity index (χ0n) is 20.4. The molecule has 1 saturated carbocycles. The summed E-state index contributed by atoms with van der Waals surface area (Å²) in [7, 11) is -2.47. The van der Waals surface area contributed by atoms with E-state index in [0.29, 0.717) is 34.6 Å². The number of fused-ring (bicyclic) bond motifs is 1. The first-order chi connectivity index (χ1) is 17.9. The second-order valence-corrected chi connectivity index (χ2v) is 10.9. The highest BCUT2D eigenvalue weighted by Gasteiger charge is 2.21. The summed E-state index contributed by atoms with van der Waals surface area (Å²) in [5.41, 5.74) is 0.864. The molecule has 5 rings (SSSR count). The Labute approximate surface area is 214 Å². The second-order valence-electron chi connectivity index (χ2n) is 9.25. The highest BCUT2D eigenvalue weighted by molar-refractivity contribution is 7.92. The number of benzene rings is 2. The van der Waals surface area contributed by atoms with E-state index in [9.17, 15) is 13.2 Å². The molecule has 0 amide bonds. The van der Waals surface area contributed by atoms with Gasteiger partial charge in [0.2, 0.25) is 0 Å². The van der Waals surface area contributed by atoms with Crippen molar-refractivity contribution in [3.05, 3.63) is 82.8 Å². The molecule has 2 heterocycles. The summed E-state index contributed by atoms with van der Waals surface area (Å²) >= 11 is 0. The van der Waals surface area contributed by atoms with Crippen molar-refractivity contribution in [2.75, 3.05) is 11.8 Å². The number of halogens is 1. The van der Waals surface area contributed by atoms with Crippen LogP contribution in [0, 0.1) is 11.7 Å². The average molecular weight is 523 g/mol. The van der Waals surface area contributed by atoms with Crippen LogP contribution in [-0.4, -0.2) is 30.1 Å². The molecule has 0 bridgehead atoms. The normalized spacial score (nSPS) is 14.5. The fourth-order valence-electron chi connectivity index (χ4n) is 4.97. The number of sulfonamides is 1. The summed E-state index contributed by atoms with van der Waals surface area (Å²) in [4.78, 5) is 20.8. The summed E-state index contributed by atoms with van der Waals surface area (Å²) in [5.74, 6) is 0.511. The third kappa shape index (κ3) is 5.20. The van der Waals surface area contributed by atoms with Gasteiger partial charge in [0, 0.05) is 29.9 Å². The predicted octanol–water partition coefficient (Wildman–Crippen LogP) is 4.85. The van der Waals surface area contributed by atoms with Crippen LogP contribution in [0.5, 0.6) is 5.75 Å². The van der Waals surface area contributed by atoms with Crippen LogP contribution in [-0.2, 0) is 16.4 Å². The van der Waals surface area contributed by atoms with Gasteiger partial charge in [0.05, 0.1) is 29.4 Å². The van der Waals surface area contributed by atoms with Crippen molar-refractivity contribution in [2.45, 2.75) is 43.4 Å². The van der Waals surface area contributed by atoms with Gasteiger partial charge in [0.1, 0.15) is 11.6 Å². The number of aromatic nitrogens is 3. The molecule has 192 valence electrons. The van der Waals surface area contributed by atoms with Gasteiger partial charge in [0.15, 0.2) is 5.82 Å². The van der Waals surface area contributed by atoms with Crippen molar-refractivity contribution in [2.24, 2.45) is 5.92 Å². The summed E-state index contributed by atoms with van der Waals surface area (Å²) in [6.45, 7) is 0. The highest BCUT2D eigenvalue weighted by Crippen LogP contribution is 2.33. The number of hydrogen-bond donors (Lipinski definition) is 1. The number of pyridine rings is 1. The molecule has 1 fully saturated rings. The molecule has 2 aromatic carbocycles. The lowest BCUT2D eigenvalue weighted by Gasteiger charge is -2.22. The molecule has 0 radical (unpaired) electrons. The largest absolute Gasteiger partial charge is 0.495 e. The molecule has 1 aliphatic carbocycles. The number of ether oxygens (including phenoxy) is 1. The van der Waals surface area contributed by atoms with Crippen molar-refractivity contribution >= 4 is 26.7 Å². The Morgan fingerprint density at radius 2 is 1.89 bits per heavy atom. The lowest BCUT2D eigenvalue weighted by molar-refractivity contribution is 0.351. The molecule has 37 heavy (non-hydrogen) atoms. The predicted molar refractivity (Wildman–Crippen MR) is 139 cm³/mol. The number of hydrogen-bond acceptors (Lipinski definition) is 6. The van der Waals surface area contributed by atoms with Crippen LogP contribution in [0.3, 0.4) is 0 Å². The van der Waals surface area contributed by atoms with E-state index in [1.807, 2.05) is 0 Å². The molecule has 0 saturated heterocycles. The summed E-state index contributed by atoms with van der Waals surface area (Å²) < 4.78 is 50.4. The Morgan fingerprint density at radius 3 is 2.62 bits per heavy atom. The van der Waals surface area contributed by atoms with Gasteiger partial charge in [-0.1, -0.05) is 32.1 Å². The maximum absolute atomic E-state index is 15.3. The lowest BCUT2D eigenvalue weighted by atomic mass is 9.84. The van der Waals surface area contributed by atoms with E-state index < -0.39 is 21.4 Å². The topological polar surface area (TPSA) is 103 Å². The minimum absolute atomic E-state index is 0.0168. The quantitative estimate of drug-likeness (QED) is 0.372. The van der Waals surface area contributed by atoms with Crippen LogP contribution in [0.2, 0.25) is 0 Å². The maximum Gasteiger partial charge on any atom is 0.263 e. The molecule has 4 aromatic rings. The molecule has 10 heteroatoms. The molecular formula is C27H27FN4O4S. The van der Waals surface area contributed by atoms with Gasteiger partial charge >= 0.3 is 0 Å². The molecule has 1 N–H and O–H groups in total. The van der Waals surface area contributed by atoms with Crippen LogP contribution in [0.1, 0.15) is 37.7 Å². The van der Waals surface area contributed by atoms with Crippen LogP contribution >= 0.6 is 0 Å². The van der Waals surface area contributed by atoms with Gasteiger partial charge in [0.25, 0.3) is 15.6 Å². The molecule has 1 aliphatic rings. The van der Waals surface area contributed by atoms with E-state index >= 15 is 4.39 Å². The van der Waals surface area contributed by atoms with E-state index in [4.69, 9.17) is 4.74 Å². The maximum atomic E-state index is 15.3. The van der Waals surface area contributed by atoms with E-state index in [1.165, 1.54) is 85.9 Å². The molecule has 0 atom stereocenters. The average Bonchev–Trinajstić information content (AvgIpc) is 2.90. The molecule has 0 spiro atoms. The first-order valence-corrected chi connectivity index (χ1v) is 13.7. The van der Waals surface area contributed by atoms with Crippen molar-refractivity contribution in [1.29, 1.82) is 0 Å². The van der Waals surface area contributed by atoms with Crippen LogP contribution in [0.25, 0.3) is 16.6 Å². The van der Waals surface area contributed by atoms with E-state index in [1.54, 1.807) is 6.07 Å². The SMILES string of the molecule is COc1cc(CC2CCCCC2)c(F)cc1-n1c(=O)ccc2cc(S(=O)(=O)Nc3cnccn3)ccc21. The Balaban J connectivity index is 1.55. The molecule has 0 unspecified atom stereocenters. The Morgan fingerprint density at radius 1 is 1.08 bits per heavy atom. The molecular weight excluding hydrogens is 495 g/mol. The van der Waals surface area contributed by atoms with E-state index in [-0.39, 0.29) is 16.4 Å². The third-order valence-electron chi connectivity index (χ3n) is 6.80. The van der Waals surface area contributed by atoms with Crippen molar-refractivity contribution < 1.29 is 17.5 Å². The minimum Gasteiger partial charge on any atom is -0.495 e. The van der Waals surface area contributed by atoms with Crippen LogP contribution in [0.4, 0.5) is 10.2 Å². The number of methoxy groups -OCH3 is 1. The van der Waals surface area contributed by atoms with Crippen molar-refractivity contribution in [3.8, 4) is 11.4 Å². The molecule has 0 aliphatic heterocycles. The molecule has 8 nitrogen and oxygen atoms in total.